The molecule has 0 spiro atoms. The number of rotatable bonds is 3. The van der Waals surface area contributed by atoms with Gasteiger partial charge >= 0.3 is 0 Å². The van der Waals surface area contributed by atoms with E-state index in [2.05, 4.69) is 11.0 Å². The predicted molar refractivity (Wildman–Crippen MR) is 91.5 cm³/mol. The molecule has 0 aromatic carbocycles. The number of halogens is 2. The van der Waals surface area contributed by atoms with Gasteiger partial charge in [0.25, 0.3) is 0 Å². The van der Waals surface area contributed by atoms with E-state index in [1.165, 1.54) is 18.5 Å². The molecule has 4 rings (SSSR count). The third-order valence-electron chi connectivity index (χ3n) is 4.62. The summed E-state index contributed by atoms with van der Waals surface area (Å²) in [5.74, 6) is 3.30. The van der Waals surface area contributed by atoms with E-state index in [1.807, 2.05) is 0 Å². The summed E-state index contributed by atoms with van der Waals surface area (Å²) < 4.78 is 5.43. The van der Waals surface area contributed by atoms with Gasteiger partial charge in [0.05, 0.1) is 13.2 Å². The average molecular weight is 347 g/mol. The van der Waals surface area contributed by atoms with Gasteiger partial charge in [-0.2, -0.15) is 0 Å². The predicted octanol–water partition coefficient (Wildman–Crippen LogP) is 2.24. The fourth-order valence-corrected chi connectivity index (χ4v) is 3.06. The summed E-state index contributed by atoms with van der Waals surface area (Å²) in [6.07, 6.45) is 4.64. The highest BCUT2D eigenvalue weighted by molar-refractivity contribution is 5.85. The van der Waals surface area contributed by atoms with E-state index in [-0.39, 0.29) is 24.8 Å². The van der Waals surface area contributed by atoms with Crippen molar-refractivity contribution in [3.63, 3.8) is 0 Å². The van der Waals surface area contributed by atoms with Gasteiger partial charge in [0.15, 0.2) is 0 Å². The maximum atomic E-state index is 5.93. The van der Waals surface area contributed by atoms with Crippen LogP contribution in [0, 0.1) is 0 Å². The lowest BCUT2D eigenvalue weighted by Crippen LogP contribution is -2.38. The van der Waals surface area contributed by atoms with Gasteiger partial charge in [-0.1, -0.05) is 0 Å². The molecule has 7 heteroatoms. The Morgan fingerprint density at radius 1 is 1.05 bits per heavy atom. The maximum Gasteiger partial charge on any atom is 0.134 e. The summed E-state index contributed by atoms with van der Waals surface area (Å²) in [5.41, 5.74) is 7.14. The lowest BCUT2D eigenvalue weighted by Gasteiger charge is -2.33. The topological polar surface area (TPSA) is 64.3 Å². The van der Waals surface area contributed by atoms with Gasteiger partial charge in [0, 0.05) is 42.7 Å². The molecule has 3 fully saturated rings. The number of morpholine rings is 1. The molecule has 0 radical (unpaired) electrons. The minimum atomic E-state index is 0. The number of hydrogen-bond acceptors (Lipinski definition) is 5. The second-order valence-electron chi connectivity index (χ2n) is 6.31. The molecule has 1 saturated heterocycles. The van der Waals surface area contributed by atoms with Crippen molar-refractivity contribution in [2.75, 3.05) is 31.2 Å². The molecule has 1 aromatic heterocycles. The highest BCUT2D eigenvalue weighted by atomic mass is 35.5. The van der Waals surface area contributed by atoms with Crippen LogP contribution in [0.3, 0.4) is 0 Å². The fraction of sp³-hybridized carbons (Fsp3) is 0.733. The summed E-state index contributed by atoms with van der Waals surface area (Å²) in [6, 6.07) is 2.56. The lowest BCUT2D eigenvalue weighted by molar-refractivity contribution is 0.122. The molecule has 5 nitrogen and oxygen atoms in total. The normalized spacial score (nSPS) is 27.4. The van der Waals surface area contributed by atoms with E-state index in [0.717, 1.165) is 50.8 Å². The summed E-state index contributed by atoms with van der Waals surface area (Å²) in [7, 11) is 0. The Morgan fingerprint density at radius 2 is 1.73 bits per heavy atom. The number of ether oxygens (including phenoxy) is 1. The molecule has 0 unspecified atom stereocenters. The zero-order valence-electron chi connectivity index (χ0n) is 12.6. The molecule has 2 aliphatic carbocycles. The van der Waals surface area contributed by atoms with E-state index >= 15 is 0 Å². The molecule has 2 N–H and O–H groups in total. The first-order valence-corrected chi connectivity index (χ1v) is 7.77. The highest BCUT2D eigenvalue weighted by Gasteiger charge is 2.32. The van der Waals surface area contributed by atoms with Crippen LogP contribution in [-0.4, -0.2) is 42.3 Å². The van der Waals surface area contributed by atoms with E-state index in [0.29, 0.717) is 17.9 Å². The summed E-state index contributed by atoms with van der Waals surface area (Å²) in [5, 5.41) is 0. The number of anilines is 1. The Kier molecular flexibility index (Phi) is 5.88. The van der Waals surface area contributed by atoms with Crippen molar-refractivity contribution < 1.29 is 4.74 Å². The van der Waals surface area contributed by atoms with E-state index in [4.69, 9.17) is 20.4 Å². The van der Waals surface area contributed by atoms with E-state index < -0.39 is 0 Å². The Balaban J connectivity index is 0.000000882. The molecule has 2 heterocycles. The van der Waals surface area contributed by atoms with Crippen molar-refractivity contribution in [1.82, 2.24) is 9.97 Å². The molecule has 22 heavy (non-hydrogen) atoms. The first kappa shape index (κ1) is 17.7. The number of aromatic nitrogens is 2. The van der Waals surface area contributed by atoms with Crippen molar-refractivity contribution in [1.29, 1.82) is 0 Å². The molecule has 3 aliphatic rings. The van der Waals surface area contributed by atoms with Crippen molar-refractivity contribution >= 4 is 30.6 Å². The lowest BCUT2D eigenvalue weighted by atomic mass is 9.78. The maximum absolute atomic E-state index is 5.93. The Labute approximate surface area is 143 Å². The van der Waals surface area contributed by atoms with Crippen molar-refractivity contribution in [2.45, 2.75) is 43.6 Å². The Hall–Kier alpha value is -0.620. The number of nitrogens with two attached hydrogens (primary N) is 1. The van der Waals surface area contributed by atoms with Gasteiger partial charge < -0.3 is 15.4 Å². The zero-order valence-corrected chi connectivity index (χ0v) is 14.2. The van der Waals surface area contributed by atoms with Crippen LogP contribution in [0.2, 0.25) is 0 Å². The van der Waals surface area contributed by atoms with E-state index in [1.54, 1.807) is 0 Å². The van der Waals surface area contributed by atoms with E-state index in [9.17, 15) is 0 Å². The van der Waals surface area contributed by atoms with Crippen LogP contribution in [0.5, 0.6) is 0 Å². The third kappa shape index (κ3) is 3.65. The number of nitrogens with zero attached hydrogens (tertiary/aromatic N) is 3. The molecular formula is C15H24Cl2N4O. The summed E-state index contributed by atoms with van der Waals surface area (Å²) >= 11 is 0. The second kappa shape index (κ2) is 7.30. The average Bonchev–Trinajstić information content (AvgIpc) is 3.29. The smallest absolute Gasteiger partial charge is 0.134 e. The zero-order chi connectivity index (χ0) is 13.5. The standard InChI is InChI=1S/C15H22N4O.2ClH/c16-12-7-11(8-12)13-9-14(19-3-5-20-6-4-19)18-15(17-13)10-1-2-10;;/h9-12H,1-8,16H2;2*1H. The van der Waals surface area contributed by atoms with Gasteiger partial charge in [-0.3, -0.25) is 0 Å². The highest BCUT2D eigenvalue weighted by Crippen LogP contribution is 2.41. The van der Waals surface area contributed by atoms with Gasteiger partial charge in [-0.05, 0) is 25.7 Å². The Bertz CT molecular complexity index is 500. The van der Waals surface area contributed by atoms with Gasteiger partial charge in [0.1, 0.15) is 11.6 Å². The van der Waals surface area contributed by atoms with Crippen LogP contribution in [0.1, 0.15) is 49.0 Å². The van der Waals surface area contributed by atoms with Crippen LogP contribution in [0.15, 0.2) is 6.07 Å². The van der Waals surface area contributed by atoms with Crippen LogP contribution in [-0.2, 0) is 4.74 Å². The van der Waals surface area contributed by atoms with Gasteiger partial charge in [-0.15, -0.1) is 24.8 Å². The molecule has 0 bridgehead atoms. The van der Waals surface area contributed by atoms with Crippen molar-refractivity contribution in [3.8, 4) is 0 Å². The van der Waals surface area contributed by atoms with Crippen molar-refractivity contribution in [3.05, 3.63) is 17.6 Å². The monoisotopic (exact) mass is 346 g/mol. The quantitative estimate of drug-likeness (QED) is 0.909. The van der Waals surface area contributed by atoms with Crippen LogP contribution < -0.4 is 10.6 Å². The van der Waals surface area contributed by atoms with Crippen molar-refractivity contribution in [2.24, 2.45) is 5.73 Å². The van der Waals surface area contributed by atoms with Gasteiger partial charge in [-0.25, -0.2) is 9.97 Å². The largest absolute Gasteiger partial charge is 0.378 e. The first-order valence-electron chi connectivity index (χ1n) is 7.77. The minimum Gasteiger partial charge on any atom is -0.378 e. The van der Waals surface area contributed by atoms with Crippen LogP contribution in [0.25, 0.3) is 0 Å². The van der Waals surface area contributed by atoms with Crippen LogP contribution >= 0.6 is 24.8 Å². The molecule has 124 valence electrons. The minimum absolute atomic E-state index is 0. The van der Waals surface area contributed by atoms with Crippen LogP contribution in [0.4, 0.5) is 5.82 Å². The Morgan fingerprint density at radius 3 is 2.32 bits per heavy atom. The summed E-state index contributed by atoms with van der Waals surface area (Å²) in [4.78, 5) is 12.0. The third-order valence-corrected chi connectivity index (χ3v) is 4.62. The molecule has 2 saturated carbocycles. The number of hydrogen-bond donors (Lipinski definition) is 1. The first-order chi connectivity index (χ1) is 9.79. The summed E-state index contributed by atoms with van der Waals surface area (Å²) in [6.45, 7) is 3.47. The molecule has 1 aromatic rings. The fourth-order valence-electron chi connectivity index (χ4n) is 3.06. The second-order valence-corrected chi connectivity index (χ2v) is 6.31. The molecule has 0 amide bonds. The molecular weight excluding hydrogens is 323 g/mol. The molecule has 1 aliphatic heterocycles. The SMILES string of the molecule is Cl.Cl.NC1CC(c2cc(N3CCOCC3)nc(C3CC3)n2)C1. The molecule has 0 atom stereocenters. The van der Waals surface area contributed by atoms with Gasteiger partial charge in [0.2, 0.25) is 0 Å².